The number of nitrogens with zero attached hydrogens (tertiary/aromatic N) is 1. The second-order valence-corrected chi connectivity index (χ2v) is 5.23. The monoisotopic (exact) mass is 256 g/mol. The smallest absolute Gasteiger partial charge is 0.103 e. The Hall–Kier alpha value is -0.630. The molecule has 0 heterocycles. The van der Waals surface area contributed by atoms with Gasteiger partial charge in [0.2, 0.25) is 0 Å². The van der Waals surface area contributed by atoms with E-state index >= 15 is 0 Å². The first-order valence-electron chi connectivity index (χ1n) is 6.79. The van der Waals surface area contributed by atoms with E-state index in [-0.39, 0.29) is 0 Å². The maximum atomic E-state index is 8.97. The topological polar surface area (TPSA) is 54.3 Å². The predicted octanol–water partition coefficient (Wildman–Crippen LogP) is 2.35. The van der Waals surface area contributed by atoms with Crippen LogP contribution in [-0.4, -0.2) is 39.0 Å². The van der Waals surface area contributed by atoms with Gasteiger partial charge in [-0.25, -0.2) is 0 Å². The summed E-state index contributed by atoms with van der Waals surface area (Å²) in [7, 11) is 1.83. The molecule has 0 spiro atoms. The molecule has 0 amide bonds. The lowest BCUT2D eigenvalue weighted by Gasteiger charge is -2.20. The van der Waals surface area contributed by atoms with Crippen LogP contribution in [0.2, 0.25) is 0 Å². The third kappa shape index (κ3) is 9.41. The highest BCUT2D eigenvalue weighted by molar-refractivity contribution is 5.02. The minimum Gasteiger partial charge on any atom is -0.379 e. The molecular formula is C14H28N2O2. The second kappa shape index (κ2) is 10.3. The van der Waals surface area contributed by atoms with Crippen LogP contribution >= 0.6 is 0 Å². The van der Waals surface area contributed by atoms with Crippen LogP contribution in [0.1, 0.15) is 40.0 Å². The number of unbranched alkanes of at least 4 members (excludes halogenated alkanes) is 1. The summed E-state index contributed by atoms with van der Waals surface area (Å²) >= 11 is 0. The van der Waals surface area contributed by atoms with Crippen molar-refractivity contribution in [2.75, 3.05) is 33.5 Å². The molecule has 0 rings (SSSR count). The van der Waals surface area contributed by atoms with E-state index in [0.29, 0.717) is 19.1 Å². The number of hydrogen-bond acceptors (Lipinski definition) is 4. The first-order chi connectivity index (χ1) is 8.54. The van der Waals surface area contributed by atoms with Crippen molar-refractivity contribution in [2.24, 2.45) is 5.92 Å². The Morgan fingerprint density at radius 3 is 2.39 bits per heavy atom. The van der Waals surface area contributed by atoms with E-state index in [0.717, 1.165) is 32.5 Å². The predicted molar refractivity (Wildman–Crippen MR) is 73.4 cm³/mol. The van der Waals surface area contributed by atoms with E-state index in [1.54, 1.807) is 0 Å². The van der Waals surface area contributed by atoms with Gasteiger partial charge in [-0.3, -0.25) is 0 Å². The van der Waals surface area contributed by atoms with Gasteiger partial charge in [-0.1, -0.05) is 13.8 Å². The van der Waals surface area contributed by atoms with Gasteiger partial charge >= 0.3 is 0 Å². The molecule has 0 aliphatic carbocycles. The first kappa shape index (κ1) is 17.4. The van der Waals surface area contributed by atoms with Crippen molar-refractivity contribution in [1.29, 1.82) is 5.26 Å². The second-order valence-electron chi connectivity index (χ2n) is 5.23. The SMILES string of the molecule is CNC(C)(C#N)CCCCOCCOCC(C)C. The van der Waals surface area contributed by atoms with Crippen LogP contribution in [0.5, 0.6) is 0 Å². The van der Waals surface area contributed by atoms with Crippen molar-refractivity contribution in [1.82, 2.24) is 5.32 Å². The Bertz CT molecular complexity index is 238. The summed E-state index contributed by atoms with van der Waals surface area (Å²) in [4.78, 5) is 0. The highest BCUT2D eigenvalue weighted by Crippen LogP contribution is 2.11. The quantitative estimate of drug-likeness (QED) is 0.577. The molecule has 0 bridgehead atoms. The zero-order valence-corrected chi connectivity index (χ0v) is 12.3. The summed E-state index contributed by atoms with van der Waals surface area (Å²) in [5.74, 6) is 0.579. The summed E-state index contributed by atoms with van der Waals surface area (Å²) in [6, 6.07) is 2.29. The van der Waals surface area contributed by atoms with Crippen LogP contribution in [0.4, 0.5) is 0 Å². The summed E-state index contributed by atoms with van der Waals surface area (Å²) in [6.45, 7) is 9.07. The molecular weight excluding hydrogens is 228 g/mol. The molecule has 0 radical (unpaired) electrons. The average Bonchev–Trinajstić information content (AvgIpc) is 2.36. The molecule has 106 valence electrons. The highest BCUT2D eigenvalue weighted by Gasteiger charge is 2.19. The molecule has 4 nitrogen and oxygen atoms in total. The molecule has 0 aromatic heterocycles. The standard InChI is InChI=1S/C14H28N2O2/c1-13(2)11-18-10-9-17-8-6-5-7-14(3,12-15)16-4/h13,16H,5-11H2,1-4H3. The van der Waals surface area contributed by atoms with Crippen LogP contribution < -0.4 is 5.32 Å². The van der Waals surface area contributed by atoms with E-state index in [2.05, 4.69) is 25.2 Å². The number of nitriles is 1. The molecule has 0 aromatic rings. The van der Waals surface area contributed by atoms with Crippen molar-refractivity contribution in [3.63, 3.8) is 0 Å². The summed E-state index contributed by atoms with van der Waals surface area (Å²) in [6.07, 6.45) is 2.84. The van der Waals surface area contributed by atoms with Gasteiger partial charge in [0.05, 0.1) is 19.3 Å². The van der Waals surface area contributed by atoms with E-state index in [1.165, 1.54) is 0 Å². The van der Waals surface area contributed by atoms with Crippen LogP contribution in [-0.2, 0) is 9.47 Å². The maximum Gasteiger partial charge on any atom is 0.103 e. The fourth-order valence-electron chi connectivity index (χ4n) is 1.46. The molecule has 0 aliphatic rings. The third-order valence-electron chi connectivity index (χ3n) is 2.84. The Morgan fingerprint density at radius 1 is 1.17 bits per heavy atom. The maximum absolute atomic E-state index is 8.97. The van der Waals surface area contributed by atoms with Gasteiger partial charge in [-0.2, -0.15) is 5.26 Å². The fraction of sp³-hybridized carbons (Fsp3) is 0.929. The molecule has 0 saturated carbocycles. The molecule has 18 heavy (non-hydrogen) atoms. The lowest BCUT2D eigenvalue weighted by Crippen LogP contribution is -2.37. The summed E-state index contributed by atoms with van der Waals surface area (Å²) in [5.41, 5.74) is -0.402. The number of nitrogens with one attached hydrogen (secondary N) is 1. The largest absolute Gasteiger partial charge is 0.379 e. The van der Waals surface area contributed by atoms with Gasteiger partial charge in [-0.05, 0) is 39.2 Å². The van der Waals surface area contributed by atoms with Crippen LogP contribution in [0, 0.1) is 17.2 Å². The number of ether oxygens (including phenoxy) is 2. The van der Waals surface area contributed by atoms with Crippen molar-refractivity contribution in [3.8, 4) is 6.07 Å². The fourth-order valence-corrected chi connectivity index (χ4v) is 1.46. The summed E-state index contributed by atoms with van der Waals surface area (Å²) < 4.78 is 10.9. The lowest BCUT2D eigenvalue weighted by molar-refractivity contribution is 0.0363. The van der Waals surface area contributed by atoms with Gasteiger partial charge in [0.15, 0.2) is 0 Å². The van der Waals surface area contributed by atoms with E-state index in [9.17, 15) is 0 Å². The van der Waals surface area contributed by atoms with Gasteiger partial charge in [0.25, 0.3) is 0 Å². The normalized spacial score (nSPS) is 14.4. The number of hydrogen-bond donors (Lipinski definition) is 1. The number of rotatable bonds is 11. The van der Waals surface area contributed by atoms with E-state index in [1.807, 2.05) is 14.0 Å². The Kier molecular flexibility index (Phi) is 9.95. The molecule has 0 aliphatic heterocycles. The van der Waals surface area contributed by atoms with Crippen LogP contribution in [0.3, 0.4) is 0 Å². The highest BCUT2D eigenvalue weighted by atomic mass is 16.5. The molecule has 0 fully saturated rings. The minimum absolute atomic E-state index is 0.402. The Balaban J connectivity index is 3.29. The van der Waals surface area contributed by atoms with E-state index < -0.39 is 5.54 Å². The van der Waals surface area contributed by atoms with Crippen molar-refractivity contribution < 1.29 is 9.47 Å². The molecule has 1 unspecified atom stereocenters. The van der Waals surface area contributed by atoms with Gasteiger partial charge < -0.3 is 14.8 Å². The molecule has 1 N–H and O–H groups in total. The zero-order chi connectivity index (χ0) is 13.9. The van der Waals surface area contributed by atoms with E-state index in [4.69, 9.17) is 14.7 Å². The van der Waals surface area contributed by atoms with Crippen LogP contribution in [0.25, 0.3) is 0 Å². The summed E-state index contributed by atoms with van der Waals surface area (Å²) in [5, 5.41) is 12.0. The lowest BCUT2D eigenvalue weighted by atomic mass is 9.97. The van der Waals surface area contributed by atoms with Gasteiger partial charge in [0, 0.05) is 13.2 Å². The van der Waals surface area contributed by atoms with Gasteiger partial charge in [0.1, 0.15) is 5.54 Å². The van der Waals surface area contributed by atoms with Gasteiger partial charge in [-0.15, -0.1) is 0 Å². The van der Waals surface area contributed by atoms with Crippen molar-refractivity contribution >= 4 is 0 Å². The Labute approximate surface area is 112 Å². The Morgan fingerprint density at radius 2 is 1.83 bits per heavy atom. The molecule has 0 aromatic carbocycles. The van der Waals surface area contributed by atoms with Crippen LogP contribution in [0.15, 0.2) is 0 Å². The molecule has 1 atom stereocenters. The van der Waals surface area contributed by atoms with Crippen molar-refractivity contribution in [2.45, 2.75) is 45.6 Å². The molecule has 4 heteroatoms. The molecule has 0 saturated heterocycles. The average molecular weight is 256 g/mol. The van der Waals surface area contributed by atoms with Crippen molar-refractivity contribution in [3.05, 3.63) is 0 Å². The first-order valence-corrected chi connectivity index (χ1v) is 6.79. The minimum atomic E-state index is -0.402. The zero-order valence-electron chi connectivity index (χ0n) is 12.3. The third-order valence-corrected chi connectivity index (χ3v) is 2.84.